The standard InChI is InChI=1S/C14H12O3.C7H6O3/c15-14(16)12-6-8-13(9-7-12)17-10-11-4-2-1-3-5-11;8-6-3-1-5(2-4-6)7(9)10/h1-9H,10H2,(H,15,16);1-4,8H,(H,9,10). The summed E-state index contributed by atoms with van der Waals surface area (Å²) in [6, 6.07) is 21.5. The van der Waals surface area contributed by atoms with E-state index >= 15 is 0 Å². The summed E-state index contributed by atoms with van der Waals surface area (Å²) in [6.07, 6.45) is 0. The maximum Gasteiger partial charge on any atom is 0.335 e. The summed E-state index contributed by atoms with van der Waals surface area (Å²) in [5.41, 5.74) is 1.52. The summed E-state index contributed by atoms with van der Waals surface area (Å²) in [5.74, 6) is -1.18. The topological polar surface area (TPSA) is 104 Å². The minimum absolute atomic E-state index is 0.0741. The van der Waals surface area contributed by atoms with Crippen LogP contribution in [-0.4, -0.2) is 27.3 Å². The lowest BCUT2D eigenvalue weighted by Crippen LogP contribution is -1.97. The molecular weight excluding hydrogens is 348 g/mol. The highest BCUT2D eigenvalue weighted by atomic mass is 16.5. The van der Waals surface area contributed by atoms with Crippen LogP contribution in [0.25, 0.3) is 0 Å². The van der Waals surface area contributed by atoms with Crippen LogP contribution in [0.5, 0.6) is 11.5 Å². The highest BCUT2D eigenvalue weighted by Crippen LogP contribution is 2.14. The number of phenolic OH excluding ortho intramolecular Hbond substituents is 1. The van der Waals surface area contributed by atoms with Gasteiger partial charge in [0.25, 0.3) is 0 Å². The molecule has 0 spiro atoms. The van der Waals surface area contributed by atoms with Gasteiger partial charge >= 0.3 is 11.9 Å². The lowest BCUT2D eigenvalue weighted by Gasteiger charge is -2.06. The van der Waals surface area contributed by atoms with Crippen LogP contribution >= 0.6 is 0 Å². The fourth-order valence-corrected chi connectivity index (χ4v) is 2.04. The van der Waals surface area contributed by atoms with E-state index in [4.69, 9.17) is 20.1 Å². The van der Waals surface area contributed by atoms with E-state index in [1.165, 1.54) is 36.4 Å². The molecule has 0 saturated carbocycles. The van der Waals surface area contributed by atoms with Crippen LogP contribution < -0.4 is 4.74 Å². The van der Waals surface area contributed by atoms with E-state index in [9.17, 15) is 9.59 Å². The molecule has 0 atom stereocenters. The molecule has 138 valence electrons. The average Bonchev–Trinajstić information content (AvgIpc) is 2.68. The van der Waals surface area contributed by atoms with E-state index < -0.39 is 11.9 Å². The Morgan fingerprint density at radius 2 is 1.19 bits per heavy atom. The maximum atomic E-state index is 10.7. The molecule has 6 heteroatoms. The lowest BCUT2D eigenvalue weighted by atomic mass is 10.2. The van der Waals surface area contributed by atoms with Crippen molar-refractivity contribution in [3.8, 4) is 11.5 Å². The maximum absolute atomic E-state index is 10.7. The van der Waals surface area contributed by atoms with Gasteiger partial charge < -0.3 is 20.1 Å². The third-order valence-electron chi connectivity index (χ3n) is 3.46. The zero-order valence-corrected chi connectivity index (χ0v) is 14.3. The van der Waals surface area contributed by atoms with Gasteiger partial charge in [-0.1, -0.05) is 30.3 Å². The molecule has 3 aromatic rings. The van der Waals surface area contributed by atoms with Gasteiger partial charge in [0.15, 0.2) is 0 Å². The Balaban J connectivity index is 0.000000223. The van der Waals surface area contributed by atoms with E-state index in [1.807, 2.05) is 30.3 Å². The Labute approximate surface area is 155 Å². The first-order valence-corrected chi connectivity index (χ1v) is 7.98. The van der Waals surface area contributed by atoms with Crippen molar-refractivity contribution in [2.45, 2.75) is 6.61 Å². The third kappa shape index (κ3) is 6.55. The Morgan fingerprint density at radius 1 is 0.704 bits per heavy atom. The fourth-order valence-electron chi connectivity index (χ4n) is 2.04. The summed E-state index contributed by atoms with van der Waals surface area (Å²) in [4.78, 5) is 20.9. The van der Waals surface area contributed by atoms with E-state index in [-0.39, 0.29) is 16.9 Å². The largest absolute Gasteiger partial charge is 0.508 e. The molecule has 0 unspecified atom stereocenters. The Morgan fingerprint density at radius 3 is 1.67 bits per heavy atom. The molecular formula is C21H18O6. The van der Waals surface area contributed by atoms with Crippen molar-refractivity contribution >= 4 is 11.9 Å². The zero-order chi connectivity index (χ0) is 19.6. The molecule has 6 nitrogen and oxygen atoms in total. The monoisotopic (exact) mass is 366 g/mol. The summed E-state index contributed by atoms with van der Waals surface area (Å²) < 4.78 is 5.53. The first-order chi connectivity index (χ1) is 13.0. The molecule has 0 radical (unpaired) electrons. The molecule has 0 aliphatic rings. The van der Waals surface area contributed by atoms with Gasteiger partial charge in [0.1, 0.15) is 18.1 Å². The smallest absolute Gasteiger partial charge is 0.335 e. The minimum Gasteiger partial charge on any atom is -0.508 e. The molecule has 0 aliphatic heterocycles. The van der Waals surface area contributed by atoms with Gasteiger partial charge in [-0.05, 0) is 54.1 Å². The molecule has 0 heterocycles. The first-order valence-electron chi connectivity index (χ1n) is 7.98. The SMILES string of the molecule is O=C(O)c1ccc(O)cc1.O=C(O)c1ccc(OCc2ccccc2)cc1. The lowest BCUT2D eigenvalue weighted by molar-refractivity contribution is 0.0686. The molecule has 0 amide bonds. The molecule has 0 fully saturated rings. The Kier molecular flexibility index (Phi) is 6.96. The molecule has 3 rings (SSSR count). The zero-order valence-electron chi connectivity index (χ0n) is 14.3. The van der Waals surface area contributed by atoms with Gasteiger partial charge in [-0.25, -0.2) is 9.59 Å². The first kappa shape index (κ1) is 19.5. The number of benzene rings is 3. The Hall–Kier alpha value is -3.80. The molecule has 3 aromatic carbocycles. The van der Waals surface area contributed by atoms with Crippen molar-refractivity contribution in [2.24, 2.45) is 0 Å². The van der Waals surface area contributed by atoms with E-state index in [0.717, 1.165) is 5.56 Å². The molecule has 0 aliphatic carbocycles. The van der Waals surface area contributed by atoms with Crippen LogP contribution in [0.4, 0.5) is 0 Å². The van der Waals surface area contributed by atoms with Gasteiger partial charge in [0.2, 0.25) is 0 Å². The number of aromatic hydroxyl groups is 1. The van der Waals surface area contributed by atoms with Crippen LogP contribution in [0.2, 0.25) is 0 Å². The quantitative estimate of drug-likeness (QED) is 0.629. The number of rotatable bonds is 5. The van der Waals surface area contributed by atoms with Gasteiger partial charge in [0, 0.05) is 0 Å². The van der Waals surface area contributed by atoms with Crippen LogP contribution in [0.3, 0.4) is 0 Å². The Bertz CT molecular complexity index is 871. The number of carboxylic acid groups (broad SMARTS) is 2. The van der Waals surface area contributed by atoms with Crippen LogP contribution in [-0.2, 0) is 6.61 Å². The van der Waals surface area contributed by atoms with Gasteiger partial charge in [0.05, 0.1) is 11.1 Å². The van der Waals surface area contributed by atoms with Crippen molar-refractivity contribution in [3.05, 3.63) is 95.6 Å². The van der Waals surface area contributed by atoms with Crippen LogP contribution in [0, 0.1) is 0 Å². The third-order valence-corrected chi connectivity index (χ3v) is 3.46. The number of ether oxygens (including phenoxy) is 1. The van der Waals surface area contributed by atoms with E-state index in [2.05, 4.69) is 0 Å². The number of hydrogen-bond acceptors (Lipinski definition) is 4. The van der Waals surface area contributed by atoms with Crippen molar-refractivity contribution in [2.75, 3.05) is 0 Å². The summed E-state index contributed by atoms with van der Waals surface area (Å²) in [5, 5.41) is 25.9. The summed E-state index contributed by atoms with van der Waals surface area (Å²) in [7, 11) is 0. The van der Waals surface area contributed by atoms with Gasteiger partial charge in [-0.2, -0.15) is 0 Å². The minimum atomic E-state index is -0.986. The average molecular weight is 366 g/mol. The van der Waals surface area contributed by atoms with E-state index in [1.54, 1.807) is 12.1 Å². The second kappa shape index (κ2) is 9.62. The van der Waals surface area contributed by atoms with Crippen LogP contribution in [0.1, 0.15) is 26.3 Å². The number of hydrogen-bond donors (Lipinski definition) is 3. The normalized spacial score (nSPS) is 9.63. The van der Waals surface area contributed by atoms with Gasteiger partial charge in [-0.3, -0.25) is 0 Å². The second-order valence-corrected chi connectivity index (χ2v) is 5.46. The van der Waals surface area contributed by atoms with Crippen molar-refractivity contribution < 1.29 is 29.6 Å². The summed E-state index contributed by atoms with van der Waals surface area (Å²) >= 11 is 0. The van der Waals surface area contributed by atoms with Crippen molar-refractivity contribution in [1.82, 2.24) is 0 Å². The van der Waals surface area contributed by atoms with E-state index in [0.29, 0.717) is 12.4 Å². The second-order valence-electron chi connectivity index (χ2n) is 5.46. The molecule has 0 aromatic heterocycles. The molecule has 0 bridgehead atoms. The highest BCUT2D eigenvalue weighted by molar-refractivity contribution is 5.88. The molecule has 0 saturated heterocycles. The predicted molar refractivity (Wildman–Crippen MR) is 99.2 cm³/mol. The van der Waals surface area contributed by atoms with Crippen molar-refractivity contribution in [3.63, 3.8) is 0 Å². The highest BCUT2D eigenvalue weighted by Gasteiger charge is 2.02. The number of phenols is 1. The van der Waals surface area contributed by atoms with Gasteiger partial charge in [-0.15, -0.1) is 0 Å². The number of carboxylic acids is 2. The molecule has 27 heavy (non-hydrogen) atoms. The van der Waals surface area contributed by atoms with Crippen LogP contribution in [0.15, 0.2) is 78.9 Å². The van der Waals surface area contributed by atoms with Crippen molar-refractivity contribution in [1.29, 1.82) is 0 Å². The number of aromatic carboxylic acids is 2. The number of carbonyl (C=O) groups is 2. The fraction of sp³-hybridized carbons (Fsp3) is 0.0476. The molecule has 3 N–H and O–H groups in total. The summed E-state index contributed by atoms with van der Waals surface area (Å²) in [6.45, 7) is 0.479. The predicted octanol–water partition coefficient (Wildman–Crippen LogP) is 4.05.